The lowest BCUT2D eigenvalue weighted by Gasteiger charge is -2.38. The minimum absolute atomic E-state index is 0.127. The van der Waals surface area contributed by atoms with Gasteiger partial charge in [-0.25, -0.2) is 5.01 Å². The van der Waals surface area contributed by atoms with Crippen molar-refractivity contribution >= 4 is 21.6 Å². The monoisotopic (exact) mass is 408 g/mol. The van der Waals surface area contributed by atoms with Gasteiger partial charge >= 0.3 is 0 Å². The molecule has 2 aliphatic heterocycles. The zero-order valence-electron chi connectivity index (χ0n) is 14.2. The van der Waals surface area contributed by atoms with Crippen molar-refractivity contribution in [2.75, 3.05) is 0 Å². The van der Waals surface area contributed by atoms with E-state index < -0.39 is 0 Å². The normalized spacial score (nSPS) is 21.0. The molecule has 0 bridgehead atoms. The number of hydrogen-bond acceptors (Lipinski definition) is 4. The lowest BCUT2D eigenvalue weighted by molar-refractivity contribution is -0.0190. The molecule has 3 heterocycles. The van der Waals surface area contributed by atoms with Gasteiger partial charge in [0, 0.05) is 22.0 Å². The van der Waals surface area contributed by atoms with E-state index in [-0.39, 0.29) is 12.3 Å². The zero-order chi connectivity index (χ0) is 17.7. The summed E-state index contributed by atoms with van der Waals surface area (Å²) in [6, 6.07) is 20.5. The molecule has 0 N–H and O–H groups in total. The smallest absolute Gasteiger partial charge is 0.213 e. The molecule has 26 heavy (non-hydrogen) atoms. The Morgan fingerprint density at radius 3 is 2.69 bits per heavy atom. The predicted molar refractivity (Wildman–Crippen MR) is 103 cm³/mol. The summed E-state index contributed by atoms with van der Waals surface area (Å²) in [5.41, 5.74) is 3.20. The quantitative estimate of drug-likeness (QED) is 0.554. The largest absolute Gasteiger partial charge is 0.464 e. The molecule has 5 rings (SSSR count). The number of furan rings is 1. The molecule has 0 unspecified atom stereocenters. The highest BCUT2D eigenvalue weighted by Crippen LogP contribution is 2.48. The van der Waals surface area contributed by atoms with Gasteiger partial charge in [-0.3, -0.25) is 0 Å². The third-order valence-electron chi connectivity index (χ3n) is 4.86. The highest BCUT2D eigenvalue weighted by atomic mass is 79.9. The molecular weight excluding hydrogens is 392 g/mol. The number of benzene rings is 2. The second-order valence-corrected chi connectivity index (χ2v) is 7.54. The van der Waals surface area contributed by atoms with Gasteiger partial charge in [0.2, 0.25) is 6.23 Å². The minimum Gasteiger partial charge on any atom is -0.464 e. The Labute approximate surface area is 160 Å². The van der Waals surface area contributed by atoms with Crippen molar-refractivity contribution in [2.45, 2.75) is 25.6 Å². The zero-order valence-corrected chi connectivity index (χ0v) is 15.8. The Morgan fingerprint density at radius 1 is 1.08 bits per heavy atom. The van der Waals surface area contributed by atoms with E-state index in [1.807, 2.05) is 49.4 Å². The molecule has 0 spiro atoms. The van der Waals surface area contributed by atoms with Gasteiger partial charge in [0.15, 0.2) is 0 Å². The first kappa shape index (κ1) is 15.7. The summed E-state index contributed by atoms with van der Waals surface area (Å²) in [4.78, 5) is 0. The van der Waals surface area contributed by atoms with Crippen LogP contribution in [0.2, 0.25) is 0 Å². The second kappa shape index (κ2) is 6.02. The van der Waals surface area contributed by atoms with Crippen LogP contribution in [0.4, 0.5) is 0 Å². The number of hydrazone groups is 1. The fourth-order valence-electron chi connectivity index (χ4n) is 3.63. The number of halogens is 1. The van der Waals surface area contributed by atoms with Crippen LogP contribution in [0, 0.1) is 6.92 Å². The third kappa shape index (κ3) is 2.54. The Kier molecular flexibility index (Phi) is 3.64. The number of rotatable bonds is 2. The van der Waals surface area contributed by atoms with E-state index in [1.165, 1.54) is 0 Å². The van der Waals surface area contributed by atoms with Gasteiger partial charge in [-0.1, -0.05) is 46.3 Å². The van der Waals surface area contributed by atoms with Gasteiger partial charge in [-0.05, 0) is 37.3 Å². The maximum atomic E-state index is 6.34. The van der Waals surface area contributed by atoms with Crippen LogP contribution >= 0.6 is 15.9 Å². The predicted octanol–water partition coefficient (Wildman–Crippen LogP) is 5.59. The van der Waals surface area contributed by atoms with Crippen molar-refractivity contribution in [2.24, 2.45) is 5.10 Å². The summed E-state index contributed by atoms with van der Waals surface area (Å²) in [5, 5.41) is 6.96. The molecule has 0 amide bonds. The summed E-state index contributed by atoms with van der Waals surface area (Å²) >= 11 is 3.58. The Morgan fingerprint density at radius 2 is 1.92 bits per heavy atom. The standard InChI is InChI=1S/C21H17BrN2O2/c1-13-7-9-20(25-13)17-12-18-16-11-15(22)8-10-19(16)26-21(24(18)23-17)14-5-3-2-4-6-14/h2-11,18,21H,12H2,1H3/t18-,21-/m0/s1. The molecule has 0 fully saturated rings. The maximum absolute atomic E-state index is 6.34. The number of aryl methyl sites for hydroxylation is 1. The molecule has 130 valence electrons. The first-order valence-corrected chi connectivity index (χ1v) is 9.42. The van der Waals surface area contributed by atoms with Crippen molar-refractivity contribution in [3.63, 3.8) is 0 Å². The van der Waals surface area contributed by atoms with E-state index in [2.05, 4.69) is 39.1 Å². The molecule has 4 nitrogen and oxygen atoms in total. The summed E-state index contributed by atoms with van der Waals surface area (Å²) in [6.45, 7) is 1.95. The van der Waals surface area contributed by atoms with Crippen LogP contribution in [0.15, 0.2) is 74.7 Å². The van der Waals surface area contributed by atoms with E-state index >= 15 is 0 Å². The fourth-order valence-corrected chi connectivity index (χ4v) is 4.01. The van der Waals surface area contributed by atoms with E-state index in [1.54, 1.807) is 0 Å². The van der Waals surface area contributed by atoms with Gasteiger partial charge in [0.1, 0.15) is 23.0 Å². The number of ether oxygens (including phenoxy) is 1. The van der Waals surface area contributed by atoms with Gasteiger partial charge in [-0.15, -0.1) is 0 Å². The van der Waals surface area contributed by atoms with Crippen LogP contribution < -0.4 is 4.74 Å². The summed E-state index contributed by atoms with van der Waals surface area (Å²) in [6.07, 6.45) is 0.548. The highest BCUT2D eigenvalue weighted by Gasteiger charge is 2.41. The van der Waals surface area contributed by atoms with Crippen molar-refractivity contribution in [3.05, 3.63) is 87.8 Å². The van der Waals surface area contributed by atoms with Crippen LogP contribution in [0.1, 0.15) is 41.3 Å². The molecule has 0 saturated carbocycles. The summed E-state index contributed by atoms with van der Waals surface area (Å²) in [5.74, 6) is 2.64. The molecule has 2 aromatic carbocycles. The molecule has 0 saturated heterocycles. The topological polar surface area (TPSA) is 38.0 Å². The lowest BCUT2D eigenvalue weighted by atomic mass is 9.97. The van der Waals surface area contributed by atoms with Gasteiger partial charge in [0.25, 0.3) is 0 Å². The minimum atomic E-state index is -0.247. The molecule has 3 aromatic rings. The van der Waals surface area contributed by atoms with Crippen LogP contribution in [0.3, 0.4) is 0 Å². The third-order valence-corrected chi connectivity index (χ3v) is 5.35. The summed E-state index contributed by atoms with van der Waals surface area (Å²) < 4.78 is 13.2. The van der Waals surface area contributed by atoms with E-state index in [0.29, 0.717) is 0 Å². The van der Waals surface area contributed by atoms with E-state index in [9.17, 15) is 0 Å². The number of nitrogens with zero attached hydrogens (tertiary/aromatic N) is 2. The summed E-state index contributed by atoms with van der Waals surface area (Å²) in [7, 11) is 0. The average Bonchev–Trinajstić information content (AvgIpc) is 3.28. The average molecular weight is 409 g/mol. The molecule has 2 atom stereocenters. The van der Waals surface area contributed by atoms with Gasteiger partial charge in [0.05, 0.1) is 6.04 Å². The van der Waals surface area contributed by atoms with Crippen LogP contribution in [-0.4, -0.2) is 10.7 Å². The SMILES string of the molecule is Cc1ccc(C2=NN3[C@@H](C2)c2cc(Br)ccc2O[C@H]3c2ccccc2)o1. The Bertz CT molecular complexity index is 996. The maximum Gasteiger partial charge on any atom is 0.213 e. The Hall–Kier alpha value is -2.53. The molecule has 1 aromatic heterocycles. The number of hydrogen-bond donors (Lipinski definition) is 0. The van der Waals surface area contributed by atoms with Crippen LogP contribution in [-0.2, 0) is 0 Å². The van der Waals surface area contributed by atoms with Crippen molar-refractivity contribution in [1.29, 1.82) is 0 Å². The van der Waals surface area contributed by atoms with Gasteiger partial charge in [-0.2, -0.15) is 5.10 Å². The van der Waals surface area contributed by atoms with Crippen molar-refractivity contribution < 1.29 is 9.15 Å². The molecule has 2 aliphatic rings. The molecule has 5 heteroatoms. The fraction of sp³-hybridized carbons (Fsp3) is 0.190. The molecular formula is C21H17BrN2O2. The number of fused-ring (bicyclic) bond motifs is 3. The van der Waals surface area contributed by atoms with Crippen molar-refractivity contribution in [1.82, 2.24) is 5.01 Å². The van der Waals surface area contributed by atoms with Crippen LogP contribution in [0.25, 0.3) is 0 Å². The Balaban J connectivity index is 1.61. The molecule has 0 radical (unpaired) electrons. The first-order chi connectivity index (χ1) is 12.7. The van der Waals surface area contributed by atoms with Crippen LogP contribution in [0.5, 0.6) is 5.75 Å². The lowest BCUT2D eigenvalue weighted by Crippen LogP contribution is -2.33. The molecule has 0 aliphatic carbocycles. The van der Waals surface area contributed by atoms with E-state index in [0.717, 1.165) is 45.0 Å². The van der Waals surface area contributed by atoms with E-state index in [4.69, 9.17) is 14.3 Å². The second-order valence-electron chi connectivity index (χ2n) is 6.62. The van der Waals surface area contributed by atoms with Gasteiger partial charge < -0.3 is 9.15 Å². The first-order valence-electron chi connectivity index (χ1n) is 8.63. The highest BCUT2D eigenvalue weighted by molar-refractivity contribution is 9.10. The van der Waals surface area contributed by atoms with Crippen molar-refractivity contribution in [3.8, 4) is 5.75 Å².